The Morgan fingerprint density at radius 1 is 1.67 bits per heavy atom. The van der Waals surface area contributed by atoms with Crippen LogP contribution in [-0.2, 0) is 9.53 Å². The molecule has 0 heterocycles. The fraction of sp³-hybridized carbons (Fsp3) is 0.615. The van der Waals surface area contributed by atoms with Crippen LogP contribution in [0.2, 0.25) is 0 Å². The van der Waals surface area contributed by atoms with Crippen molar-refractivity contribution in [3.8, 4) is 12.3 Å². The largest absolute Gasteiger partial charge is 0.368 e. The molecule has 0 N–H and O–H groups in total. The number of hydrogen-bond donors (Lipinski definition) is 0. The van der Waals surface area contributed by atoms with Crippen LogP contribution in [0.4, 0.5) is 0 Å². The van der Waals surface area contributed by atoms with Crippen LogP contribution >= 0.6 is 0 Å². The van der Waals surface area contributed by atoms with Gasteiger partial charge in [-0.1, -0.05) is 25.0 Å². The molecular weight excluding hydrogens is 188 g/mol. The average molecular weight is 206 g/mol. The third-order valence-electron chi connectivity index (χ3n) is 3.11. The summed E-state index contributed by atoms with van der Waals surface area (Å²) in [5.41, 5.74) is -0.234. The van der Waals surface area contributed by atoms with Crippen LogP contribution in [0.5, 0.6) is 0 Å². The fourth-order valence-corrected chi connectivity index (χ4v) is 1.84. The van der Waals surface area contributed by atoms with E-state index in [2.05, 4.69) is 18.1 Å². The Hall–Kier alpha value is -1.07. The lowest BCUT2D eigenvalue weighted by molar-refractivity contribution is -0.130. The molecule has 0 saturated heterocycles. The molecule has 0 amide bonds. The van der Waals surface area contributed by atoms with Crippen molar-refractivity contribution < 1.29 is 9.53 Å². The number of carbonyl (C=O) groups excluding carboxylic acids is 1. The van der Waals surface area contributed by atoms with Crippen molar-refractivity contribution in [3.05, 3.63) is 12.2 Å². The van der Waals surface area contributed by atoms with Crippen LogP contribution in [0.15, 0.2) is 12.2 Å². The molecule has 0 aliphatic heterocycles. The molecule has 1 aliphatic carbocycles. The van der Waals surface area contributed by atoms with Gasteiger partial charge in [0.25, 0.3) is 0 Å². The summed E-state index contributed by atoms with van der Waals surface area (Å²) in [6.45, 7) is 2.02. The van der Waals surface area contributed by atoms with Gasteiger partial charge in [0.15, 0.2) is 0 Å². The normalized spacial score (nSPS) is 27.0. The van der Waals surface area contributed by atoms with E-state index in [9.17, 15) is 4.79 Å². The highest BCUT2D eigenvalue weighted by Crippen LogP contribution is 2.34. The van der Waals surface area contributed by atoms with Crippen LogP contribution < -0.4 is 0 Å². The third-order valence-corrected chi connectivity index (χ3v) is 3.11. The predicted molar refractivity (Wildman–Crippen MR) is 60.4 cm³/mol. The Morgan fingerprint density at radius 2 is 2.40 bits per heavy atom. The third kappa shape index (κ3) is 2.94. The van der Waals surface area contributed by atoms with Crippen LogP contribution in [0, 0.1) is 17.8 Å². The van der Waals surface area contributed by atoms with Crippen molar-refractivity contribution in [1.29, 1.82) is 0 Å². The van der Waals surface area contributed by atoms with E-state index in [1.165, 1.54) is 0 Å². The van der Waals surface area contributed by atoms with Gasteiger partial charge in [0.05, 0.1) is 0 Å². The number of carbonyl (C=O) groups is 1. The van der Waals surface area contributed by atoms with E-state index in [1.54, 1.807) is 7.11 Å². The van der Waals surface area contributed by atoms with Gasteiger partial charge in [-0.3, -0.25) is 4.79 Å². The SMILES string of the molecule is C#CC(CC(=O)C1(C)CC=CCC1)OC. The maximum absolute atomic E-state index is 12.0. The Kier molecular flexibility index (Phi) is 4.11. The zero-order valence-electron chi connectivity index (χ0n) is 9.45. The molecule has 0 aromatic carbocycles. The lowest BCUT2D eigenvalue weighted by atomic mass is 9.74. The first-order valence-corrected chi connectivity index (χ1v) is 5.29. The molecule has 0 fully saturated rings. The average Bonchev–Trinajstić information content (AvgIpc) is 2.26. The molecule has 1 rings (SSSR count). The van der Waals surface area contributed by atoms with E-state index in [4.69, 9.17) is 11.2 Å². The number of ketones is 1. The van der Waals surface area contributed by atoms with Gasteiger partial charge in [-0.15, -0.1) is 6.42 Å². The Labute approximate surface area is 91.7 Å². The van der Waals surface area contributed by atoms with Crippen LogP contribution in [-0.4, -0.2) is 19.0 Å². The molecule has 2 nitrogen and oxygen atoms in total. The van der Waals surface area contributed by atoms with Crippen LogP contribution in [0.25, 0.3) is 0 Å². The highest BCUT2D eigenvalue weighted by Gasteiger charge is 2.33. The van der Waals surface area contributed by atoms with E-state index >= 15 is 0 Å². The standard InChI is InChI=1S/C13H18O2/c1-4-11(15-3)10-12(14)13(2)8-6-5-7-9-13/h1,5-6,11H,7-10H2,2-3H3. The number of allylic oxidation sites excluding steroid dienone is 2. The quantitative estimate of drug-likeness (QED) is 0.521. The zero-order valence-corrected chi connectivity index (χ0v) is 9.45. The number of hydrogen-bond acceptors (Lipinski definition) is 2. The number of terminal acetylenes is 1. The van der Waals surface area contributed by atoms with Crippen LogP contribution in [0.3, 0.4) is 0 Å². The minimum Gasteiger partial charge on any atom is -0.368 e. The first kappa shape index (κ1) is 12.0. The highest BCUT2D eigenvalue weighted by atomic mass is 16.5. The summed E-state index contributed by atoms with van der Waals surface area (Å²) < 4.78 is 5.03. The smallest absolute Gasteiger partial charge is 0.142 e. The van der Waals surface area contributed by atoms with E-state index in [0.717, 1.165) is 19.3 Å². The van der Waals surface area contributed by atoms with Crippen molar-refractivity contribution >= 4 is 5.78 Å². The molecule has 15 heavy (non-hydrogen) atoms. The first-order chi connectivity index (χ1) is 7.12. The molecule has 2 heteroatoms. The van der Waals surface area contributed by atoms with Crippen molar-refractivity contribution in [3.63, 3.8) is 0 Å². The lowest BCUT2D eigenvalue weighted by Gasteiger charge is -2.29. The first-order valence-electron chi connectivity index (χ1n) is 5.29. The molecule has 1 aliphatic rings. The molecule has 0 saturated carbocycles. The molecule has 0 bridgehead atoms. The second-order valence-electron chi connectivity index (χ2n) is 4.29. The van der Waals surface area contributed by atoms with Gasteiger partial charge in [-0.05, 0) is 19.3 Å². The van der Waals surface area contributed by atoms with Crippen molar-refractivity contribution in [2.45, 2.75) is 38.7 Å². The number of ether oxygens (including phenoxy) is 1. The summed E-state index contributed by atoms with van der Waals surface area (Å²) in [6.07, 6.45) is 12.2. The van der Waals surface area contributed by atoms with Gasteiger partial charge >= 0.3 is 0 Å². The monoisotopic (exact) mass is 206 g/mol. The van der Waals surface area contributed by atoms with Gasteiger partial charge in [-0.2, -0.15) is 0 Å². The highest BCUT2D eigenvalue weighted by molar-refractivity contribution is 5.85. The van der Waals surface area contributed by atoms with E-state index in [0.29, 0.717) is 6.42 Å². The van der Waals surface area contributed by atoms with Gasteiger partial charge in [0.1, 0.15) is 11.9 Å². The second-order valence-corrected chi connectivity index (χ2v) is 4.29. The molecule has 2 unspecified atom stereocenters. The lowest BCUT2D eigenvalue weighted by Crippen LogP contribution is -2.31. The van der Waals surface area contributed by atoms with Crippen molar-refractivity contribution in [2.24, 2.45) is 5.41 Å². The van der Waals surface area contributed by atoms with Crippen LogP contribution in [0.1, 0.15) is 32.6 Å². The molecule has 0 radical (unpaired) electrons. The molecule has 0 spiro atoms. The maximum atomic E-state index is 12.0. The van der Waals surface area contributed by atoms with Gasteiger partial charge < -0.3 is 4.74 Å². The maximum Gasteiger partial charge on any atom is 0.142 e. The second kappa shape index (κ2) is 5.14. The summed E-state index contributed by atoms with van der Waals surface area (Å²) in [6, 6.07) is 0. The Bertz CT molecular complexity index is 298. The summed E-state index contributed by atoms with van der Waals surface area (Å²) in [7, 11) is 1.54. The van der Waals surface area contributed by atoms with E-state index < -0.39 is 0 Å². The summed E-state index contributed by atoms with van der Waals surface area (Å²) in [5, 5.41) is 0. The minimum absolute atomic E-state index is 0.219. The van der Waals surface area contributed by atoms with E-state index in [-0.39, 0.29) is 17.3 Å². The molecule has 2 atom stereocenters. The van der Waals surface area contributed by atoms with Crippen molar-refractivity contribution in [1.82, 2.24) is 0 Å². The van der Waals surface area contributed by atoms with Gasteiger partial charge in [0, 0.05) is 18.9 Å². The fourth-order valence-electron chi connectivity index (χ4n) is 1.84. The molecule has 0 aromatic heterocycles. The molecule has 82 valence electrons. The number of Topliss-reactive ketones (excluding diaryl/α,β-unsaturated/α-hetero) is 1. The van der Waals surface area contributed by atoms with Crippen molar-refractivity contribution in [2.75, 3.05) is 7.11 Å². The van der Waals surface area contributed by atoms with Gasteiger partial charge in [-0.25, -0.2) is 0 Å². The summed E-state index contributed by atoms with van der Waals surface area (Å²) in [5.74, 6) is 2.70. The number of methoxy groups -OCH3 is 1. The molecule has 0 aromatic rings. The number of rotatable bonds is 4. The Balaban J connectivity index is 2.60. The predicted octanol–water partition coefficient (Wildman–Crippen LogP) is 2.34. The summed E-state index contributed by atoms with van der Waals surface area (Å²) >= 11 is 0. The topological polar surface area (TPSA) is 26.3 Å². The van der Waals surface area contributed by atoms with Gasteiger partial charge in [0.2, 0.25) is 0 Å². The summed E-state index contributed by atoms with van der Waals surface area (Å²) in [4.78, 5) is 12.0. The minimum atomic E-state index is -0.375. The molecular formula is C13H18O2. The Morgan fingerprint density at radius 3 is 2.87 bits per heavy atom. The van der Waals surface area contributed by atoms with E-state index in [1.807, 2.05) is 6.92 Å². The zero-order chi connectivity index (χ0) is 11.3.